The molecule has 1 fully saturated rings. The highest BCUT2D eigenvalue weighted by Gasteiger charge is 2.19. The van der Waals surface area contributed by atoms with E-state index in [2.05, 4.69) is 9.97 Å². The Morgan fingerprint density at radius 1 is 1.47 bits per heavy atom. The van der Waals surface area contributed by atoms with E-state index >= 15 is 0 Å². The number of carboxylic acid groups (broad SMARTS) is 1. The molecule has 0 radical (unpaired) electrons. The zero-order chi connectivity index (χ0) is 12.4. The number of hydrogen-bond acceptors (Lipinski definition) is 5. The fourth-order valence-electron chi connectivity index (χ4n) is 1.78. The maximum Gasteiger partial charge on any atom is 0.342 e. The number of aliphatic hydroxyl groups excluding tert-OH is 1. The fourth-order valence-corrected chi connectivity index (χ4v) is 1.78. The lowest BCUT2D eigenvalue weighted by molar-refractivity contribution is 0.0694. The van der Waals surface area contributed by atoms with E-state index in [0.29, 0.717) is 31.9 Å². The molecule has 0 bridgehead atoms. The Balaban J connectivity index is 2.20. The smallest absolute Gasteiger partial charge is 0.342 e. The molecular formula is C10H13N3O4. The van der Waals surface area contributed by atoms with Gasteiger partial charge < -0.3 is 15.1 Å². The number of nitrogens with zero attached hydrogens (tertiary/aromatic N) is 2. The summed E-state index contributed by atoms with van der Waals surface area (Å²) in [6.07, 6.45) is 1.98. The minimum Gasteiger partial charge on any atom is -0.477 e. The van der Waals surface area contributed by atoms with Crippen molar-refractivity contribution < 1.29 is 15.0 Å². The van der Waals surface area contributed by atoms with Gasteiger partial charge in [0, 0.05) is 13.1 Å². The number of piperidine rings is 1. The highest BCUT2D eigenvalue weighted by atomic mass is 16.4. The highest BCUT2D eigenvalue weighted by Crippen LogP contribution is 2.14. The molecule has 7 nitrogen and oxygen atoms in total. The number of aromatic carboxylic acids is 1. The Kier molecular flexibility index (Phi) is 3.10. The number of aromatic amines is 1. The monoisotopic (exact) mass is 239 g/mol. The summed E-state index contributed by atoms with van der Waals surface area (Å²) in [5, 5.41) is 18.0. The average molecular weight is 239 g/mol. The van der Waals surface area contributed by atoms with Gasteiger partial charge in [-0.2, -0.15) is 0 Å². The summed E-state index contributed by atoms with van der Waals surface area (Å²) in [6.45, 7) is 1.19. The third-order valence-electron chi connectivity index (χ3n) is 2.78. The van der Waals surface area contributed by atoms with Crippen molar-refractivity contribution in [1.29, 1.82) is 0 Å². The Hall–Kier alpha value is -1.89. The van der Waals surface area contributed by atoms with Gasteiger partial charge >= 0.3 is 5.97 Å². The number of anilines is 1. The van der Waals surface area contributed by atoms with Gasteiger partial charge in [-0.25, -0.2) is 9.78 Å². The molecule has 1 aromatic heterocycles. The number of rotatable bonds is 2. The van der Waals surface area contributed by atoms with E-state index in [1.165, 1.54) is 0 Å². The van der Waals surface area contributed by atoms with Crippen molar-refractivity contribution in [3.05, 3.63) is 22.1 Å². The fraction of sp³-hybridized carbons (Fsp3) is 0.500. The highest BCUT2D eigenvalue weighted by molar-refractivity contribution is 5.86. The summed E-state index contributed by atoms with van der Waals surface area (Å²) < 4.78 is 0. The standard InChI is InChI=1S/C10H13N3O4/c14-6-1-3-13(4-2-6)10-11-5-7(9(16)17)8(15)12-10/h5-6,14H,1-4H2,(H,16,17)(H,11,12,15). The van der Waals surface area contributed by atoms with Crippen LogP contribution in [0.2, 0.25) is 0 Å². The van der Waals surface area contributed by atoms with Crippen LogP contribution < -0.4 is 10.5 Å². The van der Waals surface area contributed by atoms with Crippen LogP contribution in [0.3, 0.4) is 0 Å². The van der Waals surface area contributed by atoms with Crippen LogP contribution in [-0.2, 0) is 0 Å². The number of aliphatic hydroxyl groups is 1. The summed E-state index contributed by atoms with van der Waals surface area (Å²) >= 11 is 0. The van der Waals surface area contributed by atoms with E-state index in [1.54, 1.807) is 0 Å². The van der Waals surface area contributed by atoms with E-state index < -0.39 is 11.5 Å². The van der Waals surface area contributed by atoms with Crippen LogP contribution in [0.25, 0.3) is 0 Å². The number of hydrogen-bond donors (Lipinski definition) is 3. The lowest BCUT2D eigenvalue weighted by Crippen LogP contribution is -2.38. The number of nitrogens with one attached hydrogen (secondary N) is 1. The summed E-state index contributed by atoms with van der Waals surface area (Å²) in [4.78, 5) is 30.3. The molecule has 1 aromatic rings. The number of aromatic nitrogens is 2. The lowest BCUT2D eigenvalue weighted by Gasteiger charge is -2.29. The van der Waals surface area contributed by atoms with Gasteiger partial charge in [-0.15, -0.1) is 0 Å². The molecule has 7 heteroatoms. The molecular weight excluding hydrogens is 226 g/mol. The molecule has 92 valence electrons. The molecule has 0 unspecified atom stereocenters. The molecule has 1 saturated heterocycles. The van der Waals surface area contributed by atoms with Crippen LogP contribution >= 0.6 is 0 Å². The van der Waals surface area contributed by atoms with Crippen LogP contribution in [0.15, 0.2) is 11.0 Å². The molecule has 17 heavy (non-hydrogen) atoms. The SMILES string of the molecule is O=C(O)c1cnc(N2CCC(O)CC2)[nH]c1=O. The first-order valence-electron chi connectivity index (χ1n) is 5.33. The quantitative estimate of drug-likeness (QED) is 0.638. The van der Waals surface area contributed by atoms with E-state index in [0.717, 1.165) is 6.20 Å². The Morgan fingerprint density at radius 3 is 2.65 bits per heavy atom. The van der Waals surface area contributed by atoms with Crippen LogP contribution in [0.1, 0.15) is 23.2 Å². The van der Waals surface area contributed by atoms with Gasteiger partial charge in [-0.1, -0.05) is 0 Å². The molecule has 0 spiro atoms. The predicted molar refractivity (Wildman–Crippen MR) is 59.3 cm³/mol. The Morgan fingerprint density at radius 2 is 2.12 bits per heavy atom. The summed E-state index contributed by atoms with van der Waals surface area (Å²) in [6, 6.07) is 0. The first-order chi connectivity index (χ1) is 8.08. The minimum atomic E-state index is -1.29. The molecule has 1 aliphatic rings. The second-order valence-electron chi connectivity index (χ2n) is 3.97. The Bertz CT molecular complexity index is 477. The van der Waals surface area contributed by atoms with E-state index in [4.69, 9.17) is 5.11 Å². The third kappa shape index (κ3) is 2.44. The molecule has 0 aromatic carbocycles. The van der Waals surface area contributed by atoms with Gasteiger partial charge in [0.15, 0.2) is 0 Å². The molecule has 1 aliphatic heterocycles. The molecule has 2 heterocycles. The molecule has 0 aliphatic carbocycles. The maximum absolute atomic E-state index is 11.4. The van der Waals surface area contributed by atoms with E-state index in [-0.39, 0.29) is 11.7 Å². The van der Waals surface area contributed by atoms with Crippen LogP contribution in [0.4, 0.5) is 5.95 Å². The van der Waals surface area contributed by atoms with E-state index in [9.17, 15) is 14.7 Å². The summed E-state index contributed by atoms with van der Waals surface area (Å²) in [5.41, 5.74) is -1.03. The van der Waals surface area contributed by atoms with Gasteiger partial charge in [-0.3, -0.25) is 9.78 Å². The zero-order valence-electron chi connectivity index (χ0n) is 9.09. The summed E-state index contributed by atoms with van der Waals surface area (Å²) in [5.74, 6) is -0.939. The van der Waals surface area contributed by atoms with Crippen molar-refractivity contribution in [3.63, 3.8) is 0 Å². The van der Waals surface area contributed by atoms with Crippen LogP contribution in [0.5, 0.6) is 0 Å². The predicted octanol–water partition coefficient (Wildman–Crippen LogP) is -0.571. The Labute approximate surface area is 96.7 Å². The van der Waals surface area contributed by atoms with Crippen molar-refractivity contribution in [2.24, 2.45) is 0 Å². The van der Waals surface area contributed by atoms with E-state index in [1.807, 2.05) is 4.90 Å². The van der Waals surface area contributed by atoms with Gasteiger partial charge in [-0.05, 0) is 12.8 Å². The molecule has 0 amide bonds. The minimum absolute atomic E-state index is 0.309. The second kappa shape index (κ2) is 4.54. The first kappa shape index (κ1) is 11.6. The average Bonchev–Trinajstić information content (AvgIpc) is 2.29. The van der Waals surface area contributed by atoms with Gasteiger partial charge in [0.25, 0.3) is 5.56 Å². The third-order valence-corrected chi connectivity index (χ3v) is 2.78. The van der Waals surface area contributed by atoms with Crippen molar-refractivity contribution in [3.8, 4) is 0 Å². The van der Waals surface area contributed by atoms with Crippen molar-refractivity contribution >= 4 is 11.9 Å². The van der Waals surface area contributed by atoms with Crippen molar-refractivity contribution in [2.75, 3.05) is 18.0 Å². The van der Waals surface area contributed by atoms with Gasteiger partial charge in [0.2, 0.25) is 5.95 Å². The maximum atomic E-state index is 11.4. The van der Waals surface area contributed by atoms with Gasteiger partial charge in [0.1, 0.15) is 5.56 Å². The second-order valence-corrected chi connectivity index (χ2v) is 3.97. The largest absolute Gasteiger partial charge is 0.477 e. The van der Waals surface area contributed by atoms with Crippen molar-refractivity contribution in [2.45, 2.75) is 18.9 Å². The van der Waals surface area contributed by atoms with Gasteiger partial charge in [0.05, 0.1) is 12.3 Å². The topological polar surface area (TPSA) is 107 Å². The summed E-state index contributed by atoms with van der Waals surface area (Å²) in [7, 11) is 0. The van der Waals surface area contributed by atoms with Crippen LogP contribution in [-0.4, -0.2) is 45.3 Å². The van der Waals surface area contributed by atoms with Crippen LogP contribution in [0, 0.1) is 0 Å². The number of carbonyl (C=O) groups is 1. The molecule has 0 saturated carbocycles. The van der Waals surface area contributed by atoms with Crippen molar-refractivity contribution in [1.82, 2.24) is 9.97 Å². The zero-order valence-corrected chi connectivity index (χ0v) is 9.09. The number of carboxylic acids is 1. The molecule has 2 rings (SSSR count). The first-order valence-corrected chi connectivity index (χ1v) is 5.33. The lowest BCUT2D eigenvalue weighted by atomic mass is 10.1. The molecule has 3 N–H and O–H groups in total. The molecule has 0 atom stereocenters. The normalized spacial score (nSPS) is 17.1. The number of H-pyrrole nitrogens is 1.